The van der Waals surface area contributed by atoms with Crippen molar-refractivity contribution in [1.82, 2.24) is 10.2 Å². The van der Waals surface area contributed by atoms with Crippen LogP contribution >= 0.6 is 0 Å². The molecule has 34 heavy (non-hydrogen) atoms. The molecule has 2 N–H and O–H groups in total. The Morgan fingerprint density at radius 2 is 1.59 bits per heavy atom. The van der Waals surface area contributed by atoms with Crippen molar-refractivity contribution in [1.29, 1.82) is 0 Å². The summed E-state index contributed by atoms with van der Waals surface area (Å²) in [5, 5.41) is 12.2. The van der Waals surface area contributed by atoms with Gasteiger partial charge in [0.15, 0.2) is 0 Å². The van der Waals surface area contributed by atoms with Crippen LogP contribution in [0.2, 0.25) is 0 Å². The van der Waals surface area contributed by atoms with Gasteiger partial charge in [-0.25, -0.2) is 4.79 Å². The number of nitrogens with zero attached hydrogens (tertiary/aromatic N) is 1. The molecule has 0 aliphatic heterocycles. The van der Waals surface area contributed by atoms with Crippen molar-refractivity contribution in [2.45, 2.75) is 79.0 Å². The lowest BCUT2D eigenvalue weighted by molar-refractivity contribution is -0.144. The molecule has 0 spiro atoms. The molecule has 1 aromatic carbocycles. The van der Waals surface area contributed by atoms with Crippen molar-refractivity contribution in [3.63, 3.8) is 0 Å². The van der Waals surface area contributed by atoms with Gasteiger partial charge < -0.3 is 20.1 Å². The normalized spacial score (nSPS) is 15.4. The first-order chi connectivity index (χ1) is 15.5. The largest absolute Gasteiger partial charge is 0.478 e. The molecule has 0 aliphatic rings. The van der Waals surface area contributed by atoms with Crippen molar-refractivity contribution >= 4 is 17.8 Å². The van der Waals surface area contributed by atoms with Crippen molar-refractivity contribution in [2.75, 3.05) is 14.2 Å². The van der Waals surface area contributed by atoms with Gasteiger partial charge in [-0.1, -0.05) is 84.9 Å². The van der Waals surface area contributed by atoms with E-state index >= 15 is 0 Å². The summed E-state index contributed by atoms with van der Waals surface area (Å²) in [7, 11) is 3.13. The average molecular weight is 475 g/mol. The van der Waals surface area contributed by atoms with Crippen LogP contribution in [0, 0.1) is 11.3 Å². The van der Waals surface area contributed by atoms with Gasteiger partial charge in [0.25, 0.3) is 5.91 Å². The number of carbonyl (C=O) groups excluding carboxylic acids is 2. The Kier molecular flexibility index (Phi) is 10.1. The molecule has 0 fully saturated rings. The third kappa shape index (κ3) is 7.16. The molecule has 1 aromatic rings. The first kappa shape index (κ1) is 29.4. The topological polar surface area (TPSA) is 95.9 Å². The Balaban J connectivity index is 3.29. The number of aliphatic carboxylic acids is 1. The predicted molar refractivity (Wildman–Crippen MR) is 134 cm³/mol. The van der Waals surface area contributed by atoms with E-state index in [1.54, 1.807) is 13.1 Å². The van der Waals surface area contributed by atoms with E-state index in [9.17, 15) is 19.5 Å². The van der Waals surface area contributed by atoms with E-state index in [1.165, 1.54) is 18.9 Å². The van der Waals surface area contributed by atoms with E-state index in [0.717, 1.165) is 5.56 Å². The Hall–Kier alpha value is -2.67. The van der Waals surface area contributed by atoms with Crippen LogP contribution in [0.15, 0.2) is 42.0 Å². The quantitative estimate of drug-likeness (QED) is 0.499. The second-order valence-electron chi connectivity index (χ2n) is 10.8. The Bertz CT molecular complexity index is 884. The molecule has 7 heteroatoms. The van der Waals surface area contributed by atoms with Gasteiger partial charge in [0.2, 0.25) is 5.91 Å². The van der Waals surface area contributed by atoms with Crippen LogP contribution in [0.5, 0.6) is 0 Å². The monoisotopic (exact) mass is 474 g/mol. The fourth-order valence-corrected chi connectivity index (χ4v) is 4.04. The fraction of sp³-hybridized carbons (Fsp3) is 0.593. The minimum Gasteiger partial charge on any atom is -0.478 e. The molecule has 0 aromatic heterocycles. The predicted octanol–water partition coefficient (Wildman–Crippen LogP) is 4.02. The van der Waals surface area contributed by atoms with E-state index in [2.05, 4.69) is 5.32 Å². The summed E-state index contributed by atoms with van der Waals surface area (Å²) in [5.74, 6) is -1.72. The number of carboxylic acids is 1. The highest BCUT2D eigenvalue weighted by molar-refractivity contribution is 5.91. The number of nitrogens with one attached hydrogen (secondary N) is 1. The SMILES string of the molecule is CO[C@H](C(=O)N[C@H](C(=O)N(C)[C@H](C=C(C)C(=O)O)C(C)C)C(C)(C)C)C(C)(C)c1ccccc1. The summed E-state index contributed by atoms with van der Waals surface area (Å²) in [6, 6.07) is 8.36. The van der Waals surface area contributed by atoms with Crippen molar-refractivity contribution in [3.8, 4) is 0 Å². The minimum atomic E-state index is -1.03. The first-order valence-corrected chi connectivity index (χ1v) is 11.6. The number of rotatable bonds is 10. The van der Waals surface area contributed by atoms with Crippen LogP contribution in [0.1, 0.15) is 61.0 Å². The Morgan fingerprint density at radius 3 is 2.00 bits per heavy atom. The molecule has 3 atom stereocenters. The van der Waals surface area contributed by atoms with Crippen LogP contribution in [-0.2, 0) is 24.5 Å². The Labute approximate surface area is 204 Å². The third-order valence-electron chi connectivity index (χ3n) is 6.28. The lowest BCUT2D eigenvalue weighted by Gasteiger charge is -2.39. The molecular formula is C27H42N2O5. The summed E-state index contributed by atoms with van der Waals surface area (Å²) in [5.41, 5.74) is -0.122. The molecule has 0 bridgehead atoms. The maximum Gasteiger partial charge on any atom is 0.331 e. The van der Waals surface area contributed by atoms with E-state index in [4.69, 9.17) is 4.74 Å². The molecule has 190 valence electrons. The van der Waals surface area contributed by atoms with Crippen LogP contribution in [-0.4, -0.2) is 60.1 Å². The highest BCUT2D eigenvalue weighted by Crippen LogP contribution is 2.30. The summed E-state index contributed by atoms with van der Waals surface area (Å²) >= 11 is 0. The molecule has 7 nitrogen and oxygen atoms in total. The van der Waals surface area contributed by atoms with E-state index in [1.807, 2.05) is 78.8 Å². The number of methoxy groups -OCH3 is 1. The van der Waals surface area contributed by atoms with Gasteiger partial charge in [-0.05, 0) is 23.8 Å². The molecule has 2 amide bonds. The molecule has 1 rings (SSSR count). The zero-order valence-corrected chi connectivity index (χ0v) is 22.3. The number of hydrogen-bond acceptors (Lipinski definition) is 4. The van der Waals surface area contributed by atoms with Crippen LogP contribution in [0.3, 0.4) is 0 Å². The maximum atomic E-state index is 13.6. The molecule has 0 unspecified atom stereocenters. The summed E-state index contributed by atoms with van der Waals surface area (Å²) in [6.45, 7) is 14.9. The van der Waals surface area contributed by atoms with Crippen LogP contribution in [0.4, 0.5) is 0 Å². The first-order valence-electron chi connectivity index (χ1n) is 11.6. The maximum absolute atomic E-state index is 13.6. The van der Waals surface area contributed by atoms with Gasteiger partial charge in [0.1, 0.15) is 12.1 Å². The highest BCUT2D eigenvalue weighted by atomic mass is 16.5. The second kappa shape index (κ2) is 11.6. The zero-order chi connectivity index (χ0) is 26.4. The van der Waals surface area contributed by atoms with Gasteiger partial charge >= 0.3 is 5.97 Å². The van der Waals surface area contributed by atoms with Crippen LogP contribution < -0.4 is 5.32 Å². The van der Waals surface area contributed by atoms with Gasteiger partial charge in [-0.2, -0.15) is 0 Å². The molecule has 0 aliphatic carbocycles. The van der Waals surface area contributed by atoms with Crippen molar-refractivity contribution in [3.05, 3.63) is 47.5 Å². The van der Waals surface area contributed by atoms with Gasteiger partial charge in [0.05, 0.1) is 6.04 Å². The molecule has 0 saturated heterocycles. The van der Waals surface area contributed by atoms with Gasteiger partial charge in [-0.3, -0.25) is 9.59 Å². The van der Waals surface area contributed by atoms with Gasteiger partial charge in [0, 0.05) is 25.1 Å². The molecule has 0 radical (unpaired) electrons. The Morgan fingerprint density at radius 1 is 1.06 bits per heavy atom. The van der Waals surface area contributed by atoms with E-state index in [-0.39, 0.29) is 23.3 Å². The van der Waals surface area contributed by atoms with Crippen molar-refractivity contribution in [2.24, 2.45) is 11.3 Å². The second-order valence-corrected chi connectivity index (χ2v) is 10.8. The minimum absolute atomic E-state index is 0.0247. The number of carbonyl (C=O) groups is 3. The number of amides is 2. The lowest BCUT2D eigenvalue weighted by atomic mass is 9.78. The lowest BCUT2D eigenvalue weighted by Crippen LogP contribution is -2.59. The number of benzene rings is 1. The molecule has 0 saturated carbocycles. The van der Waals surface area contributed by atoms with Crippen LogP contribution in [0.25, 0.3) is 0 Å². The van der Waals surface area contributed by atoms with E-state index in [0.29, 0.717) is 0 Å². The number of likely N-dealkylation sites (N-methyl/N-ethyl adjacent to an activating group) is 1. The summed E-state index contributed by atoms with van der Waals surface area (Å²) < 4.78 is 5.64. The molecule has 0 heterocycles. The van der Waals surface area contributed by atoms with Gasteiger partial charge in [-0.15, -0.1) is 0 Å². The smallest absolute Gasteiger partial charge is 0.331 e. The molecular weight excluding hydrogens is 432 g/mol. The number of ether oxygens (including phenoxy) is 1. The standard InChI is InChI=1S/C27H42N2O5/c1-17(2)20(16-18(3)25(32)33)29(9)24(31)21(26(4,5)6)28-23(30)22(34-10)27(7,8)19-14-12-11-13-15-19/h11-17,20-22H,1-10H3,(H,28,30)(H,32,33)/t20-,21-,22-/m1/s1. The zero-order valence-electron chi connectivity index (χ0n) is 22.3. The summed E-state index contributed by atoms with van der Waals surface area (Å²) in [4.78, 5) is 40.0. The number of hydrogen-bond donors (Lipinski definition) is 2. The fourth-order valence-electron chi connectivity index (χ4n) is 4.04. The van der Waals surface area contributed by atoms with E-state index < -0.39 is 35.0 Å². The number of carboxylic acid groups (broad SMARTS) is 1. The average Bonchev–Trinajstić information content (AvgIpc) is 2.74. The third-order valence-corrected chi connectivity index (χ3v) is 6.28. The summed E-state index contributed by atoms with van der Waals surface area (Å²) in [6.07, 6.45) is 0.760. The van der Waals surface area contributed by atoms with Crippen molar-refractivity contribution < 1.29 is 24.2 Å². The highest BCUT2D eigenvalue weighted by Gasteiger charge is 2.42.